The number of allylic oxidation sites excluding steroid dienone is 1. The number of amides is 1. The lowest BCUT2D eigenvalue weighted by Crippen LogP contribution is -2.28. The highest BCUT2D eigenvalue weighted by Crippen LogP contribution is 2.24. The molecule has 1 rings (SSSR count). The lowest BCUT2D eigenvalue weighted by atomic mass is 9.89. The predicted octanol–water partition coefficient (Wildman–Crippen LogP) is 2.65. The highest BCUT2D eigenvalue weighted by Gasteiger charge is 2.10. The maximum atomic E-state index is 10.8. The van der Waals surface area contributed by atoms with E-state index >= 15 is 0 Å². The van der Waals surface area contributed by atoms with E-state index in [2.05, 4.69) is 17.5 Å². The van der Waals surface area contributed by atoms with Crippen molar-refractivity contribution in [3.63, 3.8) is 0 Å². The smallest absolute Gasteiger partial charge is 0.217 e. The summed E-state index contributed by atoms with van der Waals surface area (Å²) < 4.78 is 0. The van der Waals surface area contributed by atoms with E-state index in [1.165, 1.54) is 32.1 Å². The highest BCUT2D eigenvalue weighted by atomic mass is 16.1. The average Bonchev–Trinajstić information content (AvgIpc) is 2.15. The van der Waals surface area contributed by atoms with Crippen LogP contribution in [0.15, 0.2) is 12.2 Å². The Morgan fingerprint density at radius 2 is 2.00 bits per heavy atom. The molecule has 0 aromatic rings. The second kappa shape index (κ2) is 5.84. The molecule has 1 unspecified atom stereocenters. The van der Waals surface area contributed by atoms with Gasteiger partial charge in [0.05, 0.1) is 0 Å². The second-order valence-corrected chi connectivity index (χ2v) is 4.27. The summed E-state index contributed by atoms with van der Waals surface area (Å²) in [5, 5.41) is 2.86. The molecule has 1 aliphatic carbocycles. The standard InChI is InChI=1S/C12H21NO/c1-10(13-11(2)14)8-9-12-6-4-3-5-7-12/h8-10,12H,3-7H2,1-2H3,(H,13,14)/b9-8+. The van der Waals surface area contributed by atoms with E-state index < -0.39 is 0 Å². The van der Waals surface area contributed by atoms with Gasteiger partial charge in [-0.15, -0.1) is 0 Å². The quantitative estimate of drug-likeness (QED) is 0.689. The molecule has 2 nitrogen and oxygen atoms in total. The Hall–Kier alpha value is -0.790. The molecule has 0 spiro atoms. The van der Waals surface area contributed by atoms with Crippen LogP contribution in [0, 0.1) is 5.92 Å². The molecule has 80 valence electrons. The summed E-state index contributed by atoms with van der Waals surface area (Å²) in [7, 11) is 0. The predicted molar refractivity (Wildman–Crippen MR) is 59.0 cm³/mol. The Labute approximate surface area is 86.8 Å². The third-order valence-electron chi connectivity index (χ3n) is 2.75. The van der Waals surface area contributed by atoms with Gasteiger partial charge in [0.25, 0.3) is 0 Å². The van der Waals surface area contributed by atoms with Gasteiger partial charge in [0.15, 0.2) is 0 Å². The first-order valence-electron chi connectivity index (χ1n) is 5.64. The van der Waals surface area contributed by atoms with Crippen LogP contribution in [0.25, 0.3) is 0 Å². The van der Waals surface area contributed by atoms with Gasteiger partial charge in [-0.25, -0.2) is 0 Å². The summed E-state index contributed by atoms with van der Waals surface area (Å²) in [5.74, 6) is 0.797. The number of rotatable bonds is 3. The van der Waals surface area contributed by atoms with Crippen LogP contribution >= 0.6 is 0 Å². The van der Waals surface area contributed by atoms with Crippen molar-refractivity contribution in [2.24, 2.45) is 5.92 Å². The fraction of sp³-hybridized carbons (Fsp3) is 0.750. The van der Waals surface area contributed by atoms with Crippen molar-refractivity contribution in [2.75, 3.05) is 0 Å². The number of carbonyl (C=O) groups excluding carboxylic acids is 1. The van der Waals surface area contributed by atoms with Gasteiger partial charge in [-0.3, -0.25) is 4.79 Å². The van der Waals surface area contributed by atoms with E-state index in [9.17, 15) is 4.79 Å². The molecule has 1 amide bonds. The van der Waals surface area contributed by atoms with Gasteiger partial charge in [-0.05, 0) is 25.7 Å². The molecule has 0 aliphatic heterocycles. The van der Waals surface area contributed by atoms with Gasteiger partial charge in [0.1, 0.15) is 0 Å². The molecule has 0 bridgehead atoms. The van der Waals surface area contributed by atoms with Crippen molar-refractivity contribution in [2.45, 2.75) is 52.0 Å². The van der Waals surface area contributed by atoms with Gasteiger partial charge >= 0.3 is 0 Å². The number of hydrogen-bond acceptors (Lipinski definition) is 1. The first-order chi connectivity index (χ1) is 6.68. The number of carbonyl (C=O) groups is 1. The van der Waals surface area contributed by atoms with Crippen molar-refractivity contribution >= 4 is 5.91 Å². The van der Waals surface area contributed by atoms with E-state index in [1.54, 1.807) is 6.92 Å². The molecular formula is C12H21NO. The fourth-order valence-corrected chi connectivity index (χ4v) is 2.02. The zero-order valence-corrected chi connectivity index (χ0v) is 9.25. The van der Waals surface area contributed by atoms with E-state index in [-0.39, 0.29) is 11.9 Å². The molecule has 2 heteroatoms. The normalized spacial score (nSPS) is 21.0. The van der Waals surface area contributed by atoms with Gasteiger partial charge in [0, 0.05) is 13.0 Å². The minimum atomic E-state index is 0.0470. The minimum Gasteiger partial charge on any atom is -0.350 e. The van der Waals surface area contributed by atoms with Crippen molar-refractivity contribution in [1.29, 1.82) is 0 Å². The van der Waals surface area contributed by atoms with Crippen LogP contribution in [-0.4, -0.2) is 11.9 Å². The molecule has 14 heavy (non-hydrogen) atoms. The zero-order chi connectivity index (χ0) is 10.4. The topological polar surface area (TPSA) is 29.1 Å². The first-order valence-corrected chi connectivity index (χ1v) is 5.64. The average molecular weight is 195 g/mol. The maximum Gasteiger partial charge on any atom is 0.217 e. The summed E-state index contributed by atoms with van der Waals surface area (Å²) in [5.41, 5.74) is 0. The molecule has 1 N–H and O–H groups in total. The fourth-order valence-electron chi connectivity index (χ4n) is 2.02. The SMILES string of the molecule is CC(=O)NC(C)/C=C/C1CCCCC1. The maximum absolute atomic E-state index is 10.8. The molecule has 1 saturated carbocycles. The highest BCUT2D eigenvalue weighted by molar-refractivity contribution is 5.73. The monoisotopic (exact) mass is 195 g/mol. The van der Waals surface area contributed by atoms with Crippen molar-refractivity contribution < 1.29 is 4.79 Å². The van der Waals surface area contributed by atoms with Crippen LogP contribution in [0.2, 0.25) is 0 Å². The molecule has 1 atom stereocenters. The van der Waals surface area contributed by atoms with Crippen LogP contribution in [-0.2, 0) is 4.79 Å². The Bertz CT molecular complexity index is 204. The zero-order valence-electron chi connectivity index (χ0n) is 9.25. The van der Waals surface area contributed by atoms with E-state index in [0.717, 1.165) is 5.92 Å². The van der Waals surface area contributed by atoms with Crippen LogP contribution in [0.5, 0.6) is 0 Å². The third kappa shape index (κ3) is 4.45. The Kier molecular flexibility index (Phi) is 4.71. The van der Waals surface area contributed by atoms with Crippen molar-refractivity contribution in [3.8, 4) is 0 Å². The third-order valence-corrected chi connectivity index (χ3v) is 2.75. The van der Waals surface area contributed by atoms with Gasteiger partial charge < -0.3 is 5.32 Å². The molecule has 0 saturated heterocycles. The number of nitrogens with one attached hydrogen (secondary N) is 1. The molecule has 0 heterocycles. The molecule has 0 aromatic heterocycles. The largest absolute Gasteiger partial charge is 0.350 e. The molecule has 0 aromatic carbocycles. The molecular weight excluding hydrogens is 174 g/mol. The van der Waals surface area contributed by atoms with E-state index in [0.29, 0.717) is 0 Å². The lowest BCUT2D eigenvalue weighted by molar-refractivity contribution is -0.119. The van der Waals surface area contributed by atoms with Crippen molar-refractivity contribution in [1.82, 2.24) is 5.32 Å². The van der Waals surface area contributed by atoms with Crippen LogP contribution in [0.3, 0.4) is 0 Å². The Morgan fingerprint density at radius 3 is 2.57 bits per heavy atom. The van der Waals surface area contributed by atoms with Gasteiger partial charge in [-0.1, -0.05) is 31.4 Å². The van der Waals surface area contributed by atoms with E-state index in [1.807, 2.05) is 6.92 Å². The summed E-state index contributed by atoms with van der Waals surface area (Å²) in [6.45, 7) is 3.58. The summed E-state index contributed by atoms with van der Waals surface area (Å²) in [4.78, 5) is 10.8. The van der Waals surface area contributed by atoms with Gasteiger partial charge in [0.2, 0.25) is 5.91 Å². The Balaban J connectivity index is 2.26. The van der Waals surface area contributed by atoms with E-state index in [4.69, 9.17) is 0 Å². The molecule has 0 radical (unpaired) electrons. The van der Waals surface area contributed by atoms with Crippen LogP contribution in [0.1, 0.15) is 46.0 Å². The Morgan fingerprint density at radius 1 is 1.36 bits per heavy atom. The van der Waals surface area contributed by atoms with Crippen LogP contribution in [0.4, 0.5) is 0 Å². The van der Waals surface area contributed by atoms with Gasteiger partial charge in [-0.2, -0.15) is 0 Å². The van der Waals surface area contributed by atoms with Crippen LogP contribution < -0.4 is 5.32 Å². The summed E-state index contributed by atoms with van der Waals surface area (Å²) in [6, 6.07) is 0.175. The lowest BCUT2D eigenvalue weighted by Gasteiger charge is -2.18. The minimum absolute atomic E-state index is 0.0470. The number of hydrogen-bond donors (Lipinski definition) is 1. The summed E-state index contributed by atoms with van der Waals surface area (Å²) in [6.07, 6.45) is 11.2. The summed E-state index contributed by atoms with van der Waals surface area (Å²) >= 11 is 0. The molecule has 1 aliphatic rings. The van der Waals surface area contributed by atoms with Crippen molar-refractivity contribution in [3.05, 3.63) is 12.2 Å². The second-order valence-electron chi connectivity index (χ2n) is 4.27. The first kappa shape index (κ1) is 11.3. The molecule has 1 fully saturated rings.